The van der Waals surface area contributed by atoms with Gasteiger partial charge in [-0.25, -0.2) is 0 Å². The molecule has 0 radical (unpaired) electrons. The molecule has 2 amide bonds. The molecule has 3 N–H and O–H groups in total. The van der Waals surface area contributed by atoms with E-state index in [1.165, 1.54) is 4.90 Å². The number of aromatic amines is 1. The van der Waals surface area contributed by atoms with Crippen LogP contribution < -0.4 is 5.73 Å². The summed E-state index contributed by atoms with van der Waals surface area (Å²) in [6, 6.07) is 14.7. The van der Waals surface area contributed by atoms with Gasteiger partial charge in [-0.1, -0.05) is 36.4 Å². The van der Waals surface area contributed by atoms with E-state index in [-0.39, 0.29) is 18.4 Å². The lowest BCUT2D eigenvalue weighted by Gasteiger charge is -2.46. The molecule has 2 aliphatic rings. The van der Waals surface area contributed by atoms with E-state index in [9.17, 15) is 9.59 Å². The highest BCUT2D eigenvalue weighted by atomic mass is 16.2. The second-order valence-electron chi connectivity index (χ2n) is 7.31. The highest BCUT2D eigenvalue weighted by Crippen LogP contribution is 2.43. The van der Waals surface area contributed by atoms with Gasteiger partial charge in [0.1, 0.15) is 12.1 Å². The summed E-state index contributed by atoms with van der Waals surface area (Å²) in [5.41, 5.74) is 10.8. The number of nitrogens with zero attached hydrogens (tertiary/aromatic N) is 2. The number of carbonyl (C=O) groups is 2. The van der Waals surface area contributed by atoms with Crippen molar-refractivity contribution in [2.45, 2.75) is 18.5 Å². The zero-order chi connectivity index (χ0) is 18.7. The van der Waals surface area contributed by atoms with Gasteiger partial charge < -0.3 is 20.5 Å². The number of nitrogen functional groups attached to an aromatic ring is 1. The molecule has 1 unspecified atom stereocenters. The molecule has 0 bridgehead atoms. The molecule has 3 aromatic rings. The van der Waals surface area contributed by atoms with E-state index in [2.05, 4.69) is 11.1 Å². The van der Waals surface area contributed by atoms with Gasteiger partial charge in [0.25, 0.3) is 0 Å². The molecule has 2 aliphatic heterocycles. The molecule has 0 saturated carbocycles. The van der Waals surface area contributed by atoms with Gasteiger partial charge in [0.05, 0.1) is 6.54 Å². The first-order valence-corrected chi connectivity index (χ1v) is 9.06. The van der Waals surface area contributed by atoms with E-state index in [1.807, 2.05) is 42.5 Å². The summed E-state index contributed by atoms with van der Waals surface area (Å²) in [6.07, 6.45) is 0.511. The minimum absolute atomic E-state index is 0.0231. The molecule has 1 aromatic heterocycles. The number of carbonyl (C=O) groups excluding carboxylic acids is 2. The highest BCUT2D eigenvalue weighted by molar-refractivity contribution is 5.97. The predicted molar refractivity (Wildman–Crippen MR) is 103 cm³/mol. The molecule has 0 spiro atoms. The van der Waals surface area contributed by atoms with Crippen LogP contribution in [0.2, 0.25) is 0 Å². The van der Waals surface area contributed by atoms with E-state index in [0.717, 1.165) is 27.7 Å². The average molecular weight is 360 g/mol. The van der Waals surface area contributed by atoms with Crippen LogP contribution in [0.3, 0.4) is 0 Å². The lowest BCUT2D eigenvalue weighted by molar-refractivity contribution is -0.157. The third kappa shape index (κ3) is 2.19. The largest absolute Gasteiger partial charge is 0.398 e. The molecule has 6 nitrogen and oxygen atoms in total. The van der Waals surface area contributed by atoms with Crippen molar-refractivity contribution in [1.29, 1.82) is 0 Å². The third-order valence-corrected chi connectivity index (χ3v) is 5.74. The molecule has 6 heteroatoms. The van der Waals surface area contributed by atoms with Crippen LogP contribution in [0.1, 0.15) is 22.9 Å². The smallest absolute Gasteiger partial charge is 0.245 e. The number of fused-ring (bicyclic) bond motifs is 4. The molecule has 27 heavy (non-hydrogen) atoms. The molecule has 2 aromatic carbocycles. The summed E-state index contributed by atoms with van der Waals surface area (Å²) in [6.45, 7) is 0.0914. The Kier molecular flexibility index (Phi) is 3.31. The van der Waals surface area contributed by atoms with Gasteiger partial charge in [-0.05, 0) is 17.7 Å². The summed E-state index contributed by atoms with van der Waals surface area (Å²) in [4.78, 5) is 32.7. The second kappa shape index (κ2) is 5.61. The fraction of sp³-hybridized carbons (Fsp3) is 0.238. The zero-order valence-corrected chi connectivity index (χ0v) is 15.0. The predicted octanol–water partition coefficient (Wildman–Crippen LogP) is 2.06. The van der Waals surface area contributed by atoms with Gasteiger partial charge in [-0.3, -0.25) is 9.59 Å². The number of nitrogens with one attached hydrogen (secondary N) is 1. The third-order valence-electron chi connectivity index (χ3n) is 5.74. The lowest BCUT2D eigenvalue weighted by atomic mass is 9.86. The Hall–Kier alpha value is -3.28. The van der Waals surface area contributed by atoms with E-state index in [0.29, 0.717) is 12.1 Å². The van der Waals surface area contributed by atoms with Gasteiger partial charge in [-0.2, -0.15) is 0 Å². The second-order valence-corrected chi connectivity index (χ2v) is 7.31. The van der Waals surface area contributed by atoms with Crippen LogP contribution in [-0.4, -0.2) is 46.2 Å². The number of anilines is 1. The van der Waals surface area contributed by atoms with Gasteiger partial charge in [0.15, 0.2) is 0 Å². The van der Waals surface area contributed by atoms with Crippen molar-refractivity contribution in [3.8, 4) is 0 Å². The Labute approximate surface area is 156 Å². The average Bonchev–Trinajstić information content (AvgIpc) is 3.04. The summed E-state index contributed by atoms with van der Waals surface area (Å²) < 4.78 is 0. The maximum Gasteiger partial charge on any atom is 0.245 e. The van der Waals surface area contributed by atoms with Crippen LogP contribution in [0.15, 0.2) is 48.5 Å². The number of aromatic nitrogens is 1. The van der Waals surface area contributed by atoms with Crippen molar-refractivity contribution in [3.05, 3.63) is 65.4 Å². The minimum Gasteiger partial charge on any atom is -0.398 e. The fourth-order valence-corrected chi connectivity index (χ4v) is 4.49. The van der Waals surface area contributed by atoms with E-state index in [1.54, 1.807) is 11.9 Å². The highest BCUT2D eigenvalue weighted by Gasteiger charge is 2.47. The number of hydrogen-bond acceptors (Lipinski definition) is 3. The normalized spacial score (nSPS) is 22.1. The standard InChI is InChI=1S/C21H20N4O2/c1-24-11-18(26)25-17(21(24)27)10-14-12-6-3-5-9-16(12)23-19(14)20(25)13-7-2-4-8-15(13)22/h2-9,17,20,23H,10-11,22H2,1H3/t17?,20-/m1/s1. The summed E-state index contributed by atoms with van der Waals surface area (Å²) in [5.74, 6) is -0.0790. The maximum absolute atomic E-state index is 13.0. The number of rotatable bonds is 1. The van der Waals surface area contributed by atoms with Crippen LogP contribution in [0.5, 0.6) is 0 Å². The van der Waals surface area contributed by atoms with Crippen molar-refractivity contribution >= 4 is 28.4 Å². The van der Waals surface area contributed by atoms with E-state index < -0.39 is 12.1 Å². The number of hydrogen-bond donors (Lipinski definition) is 2. The van der Waals surface area contributed by atoms with Gasteiger partial charge in [0.2, 0.25) is 11.8 Å². The molecule has 2 atom stereocenters. The maximum atomic E-state index is 13.0. The van der Waals surface area contributed by atoms with Crippen molar-refractivity contribution in [2.75, 3.05) is 19.3 Å². The molecule has 136 valence electrons. The Morgan fingerprint density at radius 1 is 1.07 bits per heavy atom. The van der Waals surface area contributed by atoms with Crippen molar-refractivity contribution in [2.24, 2.45) is 0 Å². The number of piperazine rings is 1. The number of H-pyrrole nitrogens is 1. The van der Waals surface area contributed by atoms with Crippen molar-refractivity contribution < 1.29 is 9.59 Å². The molecule has 1 fully saturated rings. The van der Waals surface area contributed by atoms with E-state index in [4.69, 9.17) is 5.73 Å². The number of likely N-dealkylation sites (N-methyl/N-ethyl adjacent to an activating group) is 1. The Bertz CT molecular complexity index is 1090. The number of amides is 2. The molecular formula is C21H20N4O2. The number of benzene rings is 2. The van der Waals surface area contributed by atoms with Crippen LogP contribution in [-0.2, 0) is 16.0 Å². The first kappa shape index (κ1) is 15.9. The van der Waals surface area contributed by atoms with Gasteiger partial charge >= 0.3 is 0 Å². The van der Waals surface area contributed by atoms with E-state index >= 15 is 0 Å². The van der Waals surface area contributed by atoms with Gasteiger partial charge in [0, 0.05) is 41.3 Å². The van der Waals surface area contributed by atoms with Crippen LogP contribution >= 0.6 is 0 Å². The lowest BCUT2D eigenvalue weighted by Crippen LogP contribution is -2.62. The van der Waals surface area contributed by atoms with Crippen LogP contribution in [0, 0.1) is 0 Å². The van der Waals surface area contributed by atoms with Crippen molar-refractivity contribution in [1.82, 2.24) is 14.8 Å². The van der Waals surface area contributed by atoms with Crippen LogP contribution in [0.4, 0.5) is 5.69 Å². The molecule has 3 heterocycles. The quantitative estimate of drug-likeness (QED) is 0.652. The topological polar surface area (TPSA) is 82.4 Å². The summed E-state index contributed by atoms with van der Waals surface area (Å²) in [7, 11) is 1.69. The Morgan fingerprint density at radius 2 is 1.81 bits per heavy atom. The minimum atomic E-state index is -0.507. The zero-order valence-electron chi connectivity index (χ0n) is 15.0. The Balaban J connectivity index is 1.79. The van der Waals surface area contributed by atoms with Crippen LogP contribution in [0.25, 0.3) is 10.9 Å². The summed E-state index contributed by atoms with van der Waals surface area (Å²) >= 11 is 0. The Morgan fingerprint density at radius 3 is 2.63 bits per heavy atom. The SMILES string of the molecule is CN1CC(=O)N2C(Cc3c([nH]c4ccccc34)[C@H]2c2ccccc2N)C1=O. The number of para-hydroxylation sites is 2. The monoisotopic (exact) mass is 360 g/mol. The summed E-state index contributed by atoms with van der Waals surface area (Å²) in [5, 5.41) is 1.10. The molecule has 5 rings (SSSR count). The molecule has 0 aliphatic carbocycles. The van der Waals surface area contributed by atoms with Crippen molar-refractivity contribution in [3.63, 3.8) is 0 Å². The first-order chi connectivity index (χ1) is 13.1. The molecular weight excluding hydrogens is 340 g/mol. The molecule has 1 saturated heterocycles. The first-order valence-electron chi connectivity index (χ1n) is 9.06. The fourth-order valence-electron chi connectivity index (χ4n) is 4.49. The van der Waals surface area contributed by atoms with Gasteiger partial charge in [-0.15, -0.1) is 0 Å². The number of nitrogens with two attached hydrogens (primary N) is 1.